The molecule has 0 spiro atoms. The summed E-state index contributed by atoms with van der Waals surface area (Å²) in [5, 5.41) is 0.280. The average Bonchev–Trinajstić information content (AvgIpc) is 2.48. The van der Waals surface area contributed by atoms with E-state index in [4.69, 9.17) is 22.1 Å². The van der Waals surface area contributed by atoms with Crippen LogP contribution in [0.1, 0.15) is 15.9 Å². The summed E-state index contributed by atoms with van der Waals surface area (Å²) >= 11 is 5.81. The van der Waals surface area contributed by atoms with Gasteiger partial charge in [0.15, 0.2) is 0 Å². The Morgan fingerprint density at radius 2 is 1.91 bits per heavy atom. The number of primary amides is 1. The number of benzene rings is 2. The summed E-state index contributed by atoms with van der Waals surface area (Å²) in [5.74, 6) is -0.234. The molecule has 8 heteroatoms. The minimum atomic E-state index is -3.89. The zero-order chi connectivity index (χ0) is 17.2. The molecule has 6 nitrogen and oxygen atoms in total. The molecular formula is C15H15ClN2O4S. The molecule has 2 rings (SSSR count). The molecule has 1 amide bonds. The SMILES string of the molecule is COc1ccc(S(=O)(=O)Nc2ccc(Cl)cc2C(N)=O)c(C)c1. The number of nitrogens with two attached hydrogens (primary N) is 1. The number of carbonyl (C=O) groups is 1. The quantitative estimate of drug-likeness (QED) is 0.861. The number of halogens is 1. The molecule has 2 aromatic rings. The zero-order valence-electron chi connectivity index (χ0n) is 12.5. The zero-order valence-corrected chi connectivity index (χ0v) is 14.0. The predicted molar refractivity (Wildman–Crippen MR) is 88.5 cm³/mol. The third kappa shape index (κ3) is 3.75. The van der Waals surface area contributed by atoms with Crippen LogP contribution in [-0.4, -0.2) is 21.4 Å². The van der Waals surface area contributed by atoms with Crippen LogP contribution in [0.25, 0.3) is 0 Å². The van der Waals surface area contributed by atoms with Crippen LogP contribution in [0.2, 0.25) is 5.02 Å². The summed E-state index contributed by atoms with van der Waals surface area (Å²) in [6.45, 7) is 1.65. The molecule has 0 aromatic heterocycles. The molecule has 0 heterocycles. The van der Waals surface area contributed by atoms with Gasteiger partial charge in [-0.1, -0.05) is 11.6 Å². The van der Waals surface area contributed by atoms with Gasteiger partial charge in [0.05, 0.1) is 23.3 Å². The number of nitrogens with one attached hydrogen (secondary N) is 1. The van der Waals surface area contributed by atoms with Crippen LogP contribution in [0, 0.1) is 6.92 Å². The maximum absolute atomic E-state index is 12.5. The Morgan fingerprint density at radius 3 is 2.48 bits per heavy atom. The highest BCUT2D eigenvalue weighted by molar-refractivity contribution is 7.92. The number of amides is 1. The normalized spacial score (nSPS) is 11.1. The Hall–Kier alpha value is -2.25. The first kappa shape index (κ1) is 17.1. The second kappa shape index (κ2) is 6.47. The van der Waals surface area contributed by atoms with Crippen LogP contribution in [0.15, 0.2) is 41.3 Å². The van der Waals surface area contributed by atoms with Crippen LogP contribution in [0.5, 0.6) is 5.75 Å². The van der Waals surface area contributed by atoms with Crippen molar-refractivity contribution in [2.24, 2.45) is 5.73 Å². The van der Waals surface area contributed by atoms with Crippen molar-refractivity contribution in [3.63, 3.8) is 0 Å². The van der Waals surface area contributed by atoms with Gasteiger partial charge in [-0.25, -0.2) is 8.42 Å². The molecule has 0 aliphatic rings. The van der Waals surface area contributed by atoms with Gasteiger partial charge in [0, 0.05) is 5.02 Å². The largest absolute Gasteiger partial charge is 0.497 e. The highest BCUT2D eigenvalue weighted by Gasteiger charge is 2.20. The maximum Gasteiger partial charge on any atom is 0.262 e. The molecule has 0 saturated heterocycles. The number of methoxy groups -OCH3 is 1. The summed E-state index contributed by atoms with van der Waals surface area (Å²) in [4.78, 5) is 11.5. The van der Waals surface area contributed by atoms with E-state index in [-0.39, 0.29) is 21.2 Å². The van der Waals surface area contributed by atoms with E-state index in [0.29, 0.717) is 11.3 Å². The average molecular weight is 355 g/mol. The third-order valence-corrected chi connectivity index (χ3v) is 4.92. The maximum atomic E-state index is 12.5. The van der Waals surface area contributed by atoms with Crippen LogP contribution in [0.4, 0.5) is 5.69 Å². The van der Waals surface area contributed by atoms with E-state index in [0.717, 1.165) is 0 Å². The highest BCUT2D eigenvalue weighted by Crippen LogP contribution is 2.26. The molecule has 0 aliphatic heterocycles. The first-order chi connectivity index (χ1) is 10.7. The molecule has 0 saturated carbocycles. The van der Waals surface area contributed by atoms with Crippen molar-refractivity contribution in [1.29, 1.82) is 0 Å². The lowest BCUT2D eigenvalue weighted by Gasteiger charge is -2.13. The van der Waals surface area contributed by atoms with E-state index in [1.54, 1.807) is 19.1 Å². The van der Waals surface area contributed by atoms with Gasteiger partial charge in [0.25, 0.3) is 15.9 Å². The lowest BCUT2D eigenvalue weighted by Crippen LogP contribution is -2.19. The molecular weight excluding hydrogens is 340 g/mol. The number of rotatable bonds is 5. The molecule has 0 bridgehead atoms. The minimum absolute atomic E-state index is 0.00719. The van der Waals surface area contributed by atoms with Gasteiger partial charge >= 0.3 is 0 Å². The van der Waals surface area contributed by atoms with Crippen LogP contribution in [0.3, 0.4) is 0 Å². The molecule has 0 aliphatic carbocycles. The number of ether oxygens (including phenoxy) is 1. The van der Waals surface area contributed by atoms with E-state index in [1.807, 2.05) is 0 Å². The number of aryl methyl sites for hydroxylation is 1. The van der Waals surface area contributed by atoms with Gasteiger partial charge in [0.1, 0.15) is 5.75 Å². The Balaban J connectivity index is 2.45. The summed E-state index contributed by atoms with van der Waals surface area (Å²) in [6.07, 6.45) is 0. The smallest absolute Gasteiger partial charge is 0.262 e. The number of carbonyl (C=O) groups excluding carboxylic acids is 1. The molecule has 0 unspecified atom stereocenters. The summed E-state index contributed by atoms with van der Waals surface area (Å²) in [6, 6.07) is 8.73. The predicted octanol–water partition coefficient (Wildman–Crippen LogP) is 2.56. The van der Waals surface area contributed by atoms with Crippen molar-refractivity contribution in [3.05, 3.63) is 52.5 Å². The van der Waals surface area contributed by atoms with Crippen molar-refractivity contribution in [2.45, 2.75) is 11.8 Å². The number of hydrogen-bond donors (Lipinski definition) is 2. The van der Waals surface area contributed by atoms with Gasteiger partial charge < -0.3 is 10.5 Å². The van der Waals surface area contributed by atoms with Crippen LogP contribution >= 0.6 is 11.6 Å². The van der Waals surface area contributed by atoms with Gasteiger partial charge in [-0.3, -0.25) is 9.52 Å². The van der Waals surface area contributed by atoms with Crippen LogP contribution in [-0.2, 0) is 10.0 Å². The van der Waals surface area contributed by atoms with Gasteiger partial charge in [-0.15, -0.1) is 0 Å². The molecule has 23 heavy (non-hydrogen) atoms. The van der Waals surface area contributed by atoms with Crippen molar-refractivity contribution in [1.82, 2.24) is 0 Å². The van der Waals surface area contributed by atoms with E-state index in [9.17, 15) is 13.2 Å². The van der Waals surface area contributed by atoms with Crippen molar-refractivity contribution in [2.75, 3.05) is 11.8 Å². The van der Waals surface area contributed by atoms with Gasteiger partial charge in [0.2, 0.25) is 0 Å². The fourth-order valence-electron chi connectivity index (χ4n) is 2.06. The first-order valence-corrected chi connectivity index (χ1v) is 8.37. The van der Waals surface area contributed by atoms with E-state index in [2.05, 4.69) is 4.72 Å². The molecule has 122 valence electrons. The topological polar surface area (TPSA) is 98.5 Å². The van der Waals surface area contributed by atoms with Gasteiger partial charge in [-0.05, 0) is 48.9 Å². The van der Waals surface area contributed by atoms with Crippen LogP contribution < -0.4 is 15.2 Å². The first-order valence-electron chi connectivity index (χ1n) is 6.51. The number of sulfonamides is 1. The molecule has 2 aromatic carbocycles. The van der Waals surface area contributed by atoms with E-state index < -0.39 is 15.9 Å². The second-order valence-corrected chi connectivity index (χ2v) is 6.88. The Morgan fingerprint density at radius 1 is 1.22 bits per heavy atom. The lowest BCUT2D eigenvalue weighted by atomic mass is 10.2. The Bertz CT molecular complexity index is 866. The summed E-state index contributed by atoms with van der Waals surface area (Å²) in [5.41, 5.74) is 5.83. The fourth-order valence-corrected chi connectivity index (χ4v) is 3.54. The molecule has 0 radical (unpaired) electrons. The minimum Gasteiger partial charge on any atom is -0.497 e. The Kier molecular flexibility index (Phi) is 4.82. The monoisotopic (exact) mass is 354 g/mol. The van der Waals surface area contributed by atoms with Crippen molar-refractivity contribution in [3.8, 4) is 5.75 Å². The third-order valence-electron chi connectivity index (χ3n) is 3.16. The highest BCUT2D eigenvalue weighted by atomic mass is 35.5. The summed E-state index contributed by atoms with van der Waals surface area (Å²) in [7, 11) is -2.40. The summed E-state index contributed by atoms with van der Waals surface area (Å²) < 4.78 is 32.5. The standard InChI is InChI=1S/C15H15ClN2O4S/c1-9-7-11(22-2)4-6-14(9)23(20,21)18-13-5-3-10(16)8-12(13)15(17)19/h3-8,18H,1-2H3,(H2,17,19). The second-order valence-electron chi connectivity index (χ2n) is 4.79. The van der Waals surface area contributed by atoms with E-state index in [1.165, 1.54) is 31.4 Å². The molecule has 0 atom stereocenters. The van der Waals surface area contributed by atoms with E-state index >= 15 is 0 Å². The lowest BCUT2D eigenvalue weighted by molar-refractivity contribution is 0.100. The molecule has 3 N–H and O–H groups in total. The number of anilines is 1. The van der Waals surface area contributed by atoms with Gasteiger partial charge in [-0.2, -0.15) is 0 Å². The fraction of sp³-hybridized carbons (Fsp3) is 0.133. The van der Waals surface area contributed by atoms with Crippen molar-refractivity contribution < 1.29 is 17.9 Å². The molecule has 0 fully saturated rings. The number of hydrogen-bond acceptors (Lipinski definition) is 4. The Labute approximate surface area is 139 Å². The van der Waals surface area contributed by atoms with Crippen molar-refractivity contribution >= 4 is 33.2 Å².